The first-order valence-electron chi connectivity index (χ1n) is 6.28. The third kappa shape index (κ3) is 4.20. The molecule has 0 saturated carbocycles. The van der Waals surface area contributed by atoms with Gasteiger partial charge in [-0.3, -0.25) is 4.79 Å². The highest BCUT2D eigenvalue weighted by Crippen LogP contribution is 2.20. The number of hydrogen-bond donors (Lipinski definition) is 1. The lowest BCUT2D eigenvalue weighted by molar-refractivity contribution is -0.141. The normalized spacial score (nSPS) is 18.6. The molecule has 1 amide bonds. The van der Waals surface area contributed by atoms with E-state index in [1.807, 2.05) is 0 Å². The quantitative estimate of drug-likeness (QED) is 0.675. The largest absolute Gasteiger partial charge is 0.383 e. The van der Waals surface area contributed by atoms with Crippen molar-refractivity contribution in [3.05, 3.63) is 0 Å². The van der Waals surface area contributed by atoms with E-state index in [9.17, 15) is 4.79 Å². The molecule has 0 aromatic heterocycles. The molecule has 1 aliphatic rings. The number of ether oxygens (including phenoxy) is 3. The maximum absolute atomic E-state index is 12.5. The van der Waals surface area contributed by atoms with Gasteiger partial charge in [0.1, 0.15) is 0 Å². The molecule has 0 radical (unpaired) electrons. The van der Waals surface area contributed by atoms with Crippen LogP contribution in [0.4, 0.5) is 0 Å². The van der Waals surface area contributed by atoms with Gasteiger partial charge in [0.2, 0.25) is 5.91 Å². The minimum Gasteiger partial charge on any atom is -0.383 e. The molecule has 2 N–H and O–H groups in total. The van der Waals surface area contributed by atoms with Crippen molar-refractivity contribution >= 4 is 5.91 Å². The standard InChI is InChI=1S/C12H24N2O4/c1-16-9-5-14(6-10-17-2)11(15)12(13)3-7-18-8-4-12/h3-10,13H2,1-2H3. The summed E-state index contributed by atoms with van der Waals surface area (Å²) < 4.78 is 15.3. The number of carbonyl (C=O) groups excluding carboxylic acids is 1. The van der Waals surface area contributed by atoms with E-state index < -0.39 is 5.54 Å². The summed E-state index contributed by atoms with van der Waals surface area (Å²) in [5, 5.41) is 0. The summed E-state index contributed by atoms with van der Waals surface area (Å²) in [4.78, 5) is 14.2. The summed E-state index contributed by atoms with van der Waals surface area (Å²) >= 11 is 0. The summed E-state index contributed by atoms with van der Waals surface area (Å²) in [5.41, 5.74) is 5.40. The van der Waals surface area contributed by atoms with Gasteiger partial charge in [0.05, 0.1) is 18.8 Å². The Balaban J connectivity index is 2.60. The molecular weight excluding hydrogens is 236 g/mol. The molecule has 6 heteroatoms. The second-order valence-electron chi connectivity index (χ2n) is 4.55. The van der Waals surface area contributed by atoms with E-state index in [4.69, 9.17) is 19.9 Å². The third-order valence-corrected chi connectivity index (χ3v) is 3.23. The van der Waals surface area contributed by atoms with Crippen LogP contribution < -0.4 is 5.73 Å². The van der Waals surface area contributed by atoms with E-state index in [-0.39, 0.29) is 5.91 Å². The van der Waals surface area contributed by atoms with E-state index in [2.05, 4.69) is 0 Å². The Kier molecular flexibility index (Phi) is 6.56. The van der Waals surface area contributed by atoms with E-state index in [1.165, 1.54) is 0 Å². The van der Waals surface area contributed by atoms with Crippen molar-refractivity contribution in [1.29, 1.82) is 0 Å². The third-order valence-electron chi connectivity index (χ3n) is 3.23. The maximum atomic E-state index is 12.5. The molecule has 0 atom stereocenters. The van der Waals surface area contributed by atoms with Gasteiger partial charge in [-0.15, -0.1) is 0 Å². The van der Waals surface area contributed by atoms with Crippen LogP contribution in [0, 0.1) is 0 Å². The van der Waals surface area contributed by atoms with Crippen LogP contribution in [0.25, 0.3) is 0 Å². The van der Waals surface area contributed by atoms with E-state index in [0.717, 1.165) is 0 Å². The first-order valence-corrected chi connectivity index (χ1v) is 6.28. The zero-order valence-corrected chi connectivity index (χ0v) is 11.3. The number of carbonyl (C=O) groups is 1. The van der Waals surface area contributed by atoms with Crippen molar-refractivity contribution in [2.75, 3.05) is 53.7 Å². The van der Waals surface area contributed by atoms with Gasteiger partial charge in [-0.2, -0.15) is 0 Å². The monoisotopic (exact) mass is 260 g/mol. The fourth-order valence-electron chi connectivity index (χ4n) is 1.98. The molecule has 106 valence electrons. The lowest BCUT2D eigenvalue weighted by Gasteiger charge is -2.36. The first kappa shape index (κ1) is 15.4. The highest BCUT2D eigenvalue weighted by Gasteiger charge is 2.38. The van der Waals surface area contributed by atoms with Crippen LogP contribution >= 0.6 is 0 Å². The molecule has 6 nitrogen and oxygen atoms in total. The van der Waals surface area contributed by atoms with Gasteiger partial charge in [-0.25, -0.2) is 0 Å². The second-order valence-corrected chi connectivity index (χ2v) is 4.55. The maximum Gasteiger partial charge on any atom is 0.242 e. The lowest BCUT2D eigenvalue weighted by Crippen LogP contribution is -2.59. The van der Waals surface area contributed by atoms with Gasteiger partial charge in [0.25, 0.3) is 0 Å². The van der Waals surface area contributed by atoms with Crippen LogP contribution in [0.3, 0.4) is 0 Å². The van der Waals surface area contributed by atoms with Crippen LogP contribution in [-0.4, -0.2) is 70.1 Å². The van der Waals surface area contributed by atoms with Gasteiger partial charge in [-0.05, 0) is 12.8 Å². The molecule has 0 bridgehead atoms. The van der Waals surface area contributed by atoms with Gasteiger partial charge >= 0.3 is 0 Å². The zero-order chi connectivity index (χ0) is 13.4. The Morgan fingerprint density at radius 3 is 2.17 bits per heavy atom. The Bertz CT molecular complexity index is 246. The Morgan fingerprint density at radius 1 is 1.22 bits per heavy atom. The molecule has 1 aliphatic heterocycles. The van der Waals surface area contributed by atoms with Gasteiger partial charge in [-0.1, -0.05) is 0 Å². The summed E-state index contributed by atoms with van der Waals surface area (Å²) in [6.07, 6.45) is 1.14. The van der Waals surface area contributed by atoms with Crippen LogP contribution in [0.5, 0.6) is 0 Å². The molecule has 0 unspecified atom stereocenters. The van der Waals surface area contributed by atoms with Gasteiger partial charge in [0, 0.05) is 40.5 Å². The molecule has 0 spiro atoms. The smallest absolute Gasteiger partial charge is 0.242 e. The topological polar surface area (TPSA) is 74.0 Å². The molecule has 0 aliphatic carbocycles. The Morgan fingerprint density at radius 2 is 1.72 bits per heavy atom. The van der Waals surface area contributed by atoms with Crippen molar-refractivity contribution < 1.29 is 19.0 Å². The van der Waals surface area contributed by atoms with Crippen LogP contribution in [0.2, 0.25) is 0 Å². The fourth-order valence-corrected chi connectivity index (χ4v) is 1.98. The fraction of sp³-hybridized carbons (Fsp3) is 0.917. The average molecular weight is 260 g/mol. The molecular formula is C12H24N2O4. The van der Waals surface area contributed by atoms with E-state index in [1.54, 1.807) is 19.1 Å². The number of amides is 1. The molecule has 1 fully saturated rings. The summed E-state index contributed by atoms with van der Waals surface area (Å²) in [6.45, 7) is 3.18. The highest BCUT2D eigenvalue weighted by atomic mass is 16.5. The van der Waals surface area contributed by atoms with Crippen LogP contribution in [0.1, 0.15) is 12.8 Å². The molecule has 1 saturated heterocycles. The summed E-state index contributed by atoms with van der Waals surface area (Å²) in [5.74, 6) is -0.0279. The predicted molar refractivity (Wildman–Crippen MR) is 67.3 cm³/mol. The van der Waals surface area contributed by atoms with Crippen molar-refractivity contribution in [3.8, 4) is 0 Å². The molecule has 1 rings (SSSR count). The van der Waals surface area contributed by atoms with Gasteiger partial charge < -0.3 is 24.8 Å². The SMILES string of the molecule is COCCN(CCOC)C(=O)C1(N)CCOCC1. The molecule has 1 heterocycles. The minimum atomic E-state index is -0.792. The molecule has 18 heavy (non-hydrogen) atoms. The summed E-state index contributed by atoms with van der Waals surface area (Å²) in [7, 11) is 3.23. The molecule has 0 aromatic carbocycles. The zero-order valence-electron chi connectivity index (χ0n) is 11.3. The lowest BCUT2D eigenvalue weighted by atomic mass is 9.89. The molecule has 0 aromatic rings. The predicted octanol–water partition coefficient (Wildman–Crippen LogP) is -0.384. The Labute approximate surface area is 108 Å². The number of nitrogens with zero attached hydrogens (tertiary/aromatic N) is 1. The second kappa shape index (κ2) is 7.68. The van der Waals surface area contributed by atoms with E-state index in [0.29, 0.717) is 52.4 Å². The number of methoxy groups -OCH3 is 2. The summed E-state index contributed by atoms with van der Waals surface area (Å²) in [6, 6.07) is 0. The van der Waals surface area contributed by atoms with Gasteiger partial charge in [0.15, 0.2) is 0 Å². The number of hydrogen-bond acceptors (Lipinski definition) is 5. The highest BCUT2D eigenvalue weighted by molar-refractivity contribution is 5.86. The number of nitrogens with two attached hydrogens (primary N) is 1. The van der Waals surface area contributed by atoms with Crippen molar-refractivity contribution in [2.45, 2.75) is 18.4 Å². The van der Waals surface area contributed by atoms with Crippen molar-refractivity contribution in [3.63, 3.8) is 0 Å². The van der Waals surface area contributed by atoms with Crippen LogP contribution in [-0.2, 0) is 19.0 Å². The average Bonchev–Trinajstić information content (AvgIpc) is 2.39. The van der Waals surface area contributed by atoms with Crippen molar-refractivity contribution in [2.24, 2.45) is 5.73 Å². The van der Waals surface area contributed by atoms with Crippen molar-refractivity contribution in [1.82, 2.24) is 4.90 Å². The van der Waals surface area contributed by atoms with E-state index >= 15 is 0 Å². The minimum absolute atomic E-state index is 0.0279. The van der Waals surface area contributed by atoms with Crippen LogP contribution in [0.15, 0.2) is 0 Å². The Hall–Kier alpha value is -0.690. The first-order chi connectivity index (χ1) is 8.64. The number of rotatable bonds is 7.